The Hall–Kier alpha value is -2.71. The van der Waals surface area contributed by atoms with Crippen molar-refractivity contribution < 1.29 is 29.3 Å². The Labute approximate surface area is 200 Å². The molecule has 4 rings (SSSR count). The Balaban J connectivity index is 1.82. The topological polar surface area (TPSA) is 107 Å². The van der Waals surface area contributed by atoms with Gasteiger partial charge in [0.25, 0.3) is 5.91 Å². The van der Waals surface area contributed by atoms with Gasteiger partial charge in [-0.2, -0.15) is 0 Å². The molecule has 3 aliphatic heterocycles. The zero-order chi connectivity index (χ0) is 24.8. The van der Waals surface area contributed by atoms with Crippen LogP contribution in [0.5, 0.6) is 0 Å². The number of rotatable bonds is 9. The number of aliphatic carboxylic acids is 1. The number of hydrogen-bond donors (Lipinski definition) is 2. The number of aliphatic hydroxyl groups is 1. The number of carboxylic acids is 1. The molecule has 1 aromatic rings. The largest absolute Gasteiger partial charge is 0.481 e. The number of hydrogen-bond acceptors (Lipinski definition) is 5. The number of carboxylic acid groups (broad SMARTS) is 1. The van der Waals surface area contributed by atoms with Crippen LogP contribution < -0.4 is 4.90 Å². The fourth-order valence-electron chi connectivity index (χ4n) is 6.52. The molecule has 2 amide bonds. The van der Waals surface area contributed by atoms with E-state index in [4.69, 9.17) is 4.74 Å². The molecule has 3 heterocycles. The van der Waals surface area contributed by atoms with Gasteiger partial charge in [-0.15, -0.1) is 6.58 Å². The average Bonchev–Trinajstić information content (AvgIpc) is 3.34. The fraction of sp³-hybridized carbons (Fsp3) is 0.577. The maximum Gasteiger partial charge on any atom is 0.310 e. The van der Waals surface area contributed by atoms with Gasteiger partial charge < -0.3 is 24.7 Å². The molecule has 2 unspecified atom stereocenters. The van der Waals surface area contributed by atoms with Crippen molar-refractivity contribution in [3.8, 4) is 0 Å². The number of aliphatic hydroxyl groups excluding tert-OH is 1. The number of likely N-dealkylation sites (tertiary alicyclic amines) is 1. The Kier molecular flexibility index (Phi) is 6.33. The van der Waals surface area contributed by atoms with E-state index in [0.717, 1.165) is 16.8 Å². The highest BCUT2D eigenvalue weighted by molar-refractivity contribution is 6.05. The van der Waals surface area contributed by atoms with Gasteiger partial charge in [0, 0.05) is 25.4 Å². The molecule has 0 aromatic heterocycles. The smallest absolute Gasteiger partial charge is 0.310 e. The van der Waals surface area contributed by atoms with Gasteiger partial charge in [-0.1, -0.05) is 24.3 Å². The van der Waals surface area contributed by atoms with Crippen LogP contribution in [0.15, 0.2) is 30.9 Å². The van der Waals surface area contributed by atoms with Crippen molar-refractivity contribution in [2.75, 3.05) is 24.6 Å². The van der Waals surface area contributed by atoms with Crippen LogP contribution in [0.4, 0.5) is 5.69 Å². The van der Waals surface area contributed by atoms with E-state index in [0.29, 0.717) is 25.7 Å². The third-order valence-electron chi connectivity index (χ3n) is 7.87. The van der Waals surface area contributed by atoms with Gasteiger partial charge in [0.15, 0.2) is 0 Å². The summed E-state index contributed by atoms with van der Waals surface area (Å²) in [6, 6.07) is 4.86. The number of ether oxygens (including phenoxy) is 1. The van der Waals surface area contributed by atoms with Crippen LogP contribution in [0.25, 0.3) is 0 Å². The molecule has 8 heteroatoms. The summed E-state index contributed by atoms with van der Waals surface area (Å²) in [5, 5.41) is 19.3. The number of unbranched alkanes of at least 4 members (excludes halogenated alkanes) is 1. The first-order chi connectivity index (χ1) is 16.1. The number of fused-ring (bicyclic) bond motifs is 1. The van der Waals surface area contributed by atoms with Crippen molar-refractivity contribution in [1.29, 1.82) is 0 Å². The normalized spacial score (nSPS) is 31.6. The number of benzene rings is 1. The summed E-state index contributed by atoms with van der Waals surface area (Å²) in [7, 11) is 0. The molecular weight excluding hydrogens is 436 g/mol. The van der Waals surface area contributed by atoms with E-state index in [9.17, 15) is 24.6 Å². The highest BCUT2D eigenvalue weighted by Gasteiger charge is 2.78. The summed E-state index contributed by atoms with van der Waals surface area (Å²) in [5.41, 5.74) is 0.452. The van der Waals surface area contributed by atoms with Crippen molar-refractivity contribution in [1.82, 2.24) is 4.90 Å². The Bertz CT molecular complexity index is 1000. The van der Waals surface area contributed by atoms with Gasteiger partial charge in [0.2, 0.25) is 5.91 Å². The molecule has 0 aliphatic carbocycles. The molecule has 2 N–H and O–H groups in total. The number of amides is 2. The second-order valence-electron chi connectivity index (χ2n) is 10.0. The van der Waals surface area contributed by atoms with E-state index in [1.54, 1.807) is 17.9 Å². The van der Waals surface area contributed by atoms with Crippen LogP contribution >= 0.6 is 0 Å². The summed E-state index contributed by atoms with van der Waals surface area (Å²) in [6.45, 7) is 9.94. The Morgan fingerprint density at radius 1 is 1.26 bits per heavy atom. The Morgan fingerprint density at radius 2 is 1.94 bits per heavy atom. The lowest BCUT2D eigenvalue weighted by molar-refractivity contribution is -0.154. The van der Waals surface area contributed by atoms with Gasteiger partial charge in [0.05, 0.1) is 17.4 Å². The molecule has 3 fully saturated rings. The minimum Gasteiger partial charge on any atom is -0.481 e. The van der Waals surface area contributed by atoms with Crippen LogP contribution in [0.2, 0.25) is 0 Å². The first-order valence-electron chi connectivity index (χ1n) is 12.0. The first kappa shape index (κ1) is 24.4. The molecule has 0 saturated carbocycles. The number of aryl methyl sites for hydroxylation is 2. The molecule has 1 aromatic carbocycles. The minimum absolute atomic E-state index is 0.0213. The van der Waals surface area contributed by atoms with E-state index in [1.807, 2.05) is 32.0 Å². The van der Waals surface area contributed by atoms with E-state index < -0.39 is 35.0 Å². The van der Waals surface area contributed by atoms with Gasteiger partial charge in [-0.3, -0.25) is 14.4 Å². The molecule has 1 spiro atoms. The molecule has 0 radical (unpaired) electrons. The Morgan fingerprint density at radius 3 is 2.53 bits per heavy atom. The number of para-hydroxylation sites is 1. The average molecular weight is 471 g/mol. The molecular formula is C26H34N2O6. The van der Waals surface area contributed by atoms with Gasteiger partial charge in [-0.25, -0.2) is 0 Å². The molecule has 5 atom stereocenters. The maximum atomic E-state index is 14.3. The molecule has 34 heavy (non-hydrogen) atoms. The van der Waals surface area contributed by atoms with Crippen molar-refractivity contribution in [2.45, 2.75) is 63.7 Å². The lowest BCUT2D eigenvalue weighted by Gasteiger charge is -2.37. The van der Waals surface area contributed by atoms with E-state index in [2.05, 4.69) is 6.58 Å². The van der Waals surface area contributed by atoms with Gasteiger partial charge in [-0.05, 0) is 57.6 Å². The number of carbonyl (C=O) groups is 3. The second-order valence-corrected chi connectivity index (χ2v) is 10.0. The quantitative estimate of drug-likeness (QED) is 0.424. The van der Waals surface area contributed by atoms with Crippen molar-refractivity contribution in [3.05, 3.63) is 42.0 Å². The SMILES string of the molecule is C=CCN(C(=O)C1N(CCCCO)C(=O)[C@@H]2[C@@H](C(=O)O)[C@@]3(C)CCC12O3)c1c(C)cccc1C. The molecule has 3 saturated heterocycles. The predicted molar refractivity (Wildman–Crippen MR) is 126 cm³/mol. The molecule has 3 aliphatic rings. The summed E-state index contributed by atoms with van der Waals surface area (Å²) in [6.07, 6.45) is 3.57. The maximum absolute atomic E-state index is 14.3. The third-order valence-corrected chi connectivity index (χ3v) is 7.87. The number of carbonyl (C=O) groups excluding carboxylic acids is 2. The zero-order valence-corrected chi connectivity index (χ0v) is 20.1. The van der Waals surface area contributed by atoms with Crippen LogP contribution in [-0.4, -0.2) is 69.8 Å². The van der Waals surface area contributed by atoms with Gasteiger partial charge in [0.1, 0.15) is 11.6 Å². The molecule has 184 valence electrons. The lowest BCUT2D eigenvalue weighted by Crippen LogP contribution is -2.56. The summed E-state index contributed by atoms with van der Waals surface area (Å²) in [4.78, 5) is 43.5. The van der Waals surface area contributed by atoms with Crippen LogP contribution in [0.3, 0.4) is 0 Å². The second kappa shape index (κ2) is 8.82. The number of nitrogens with zero attached hydrogens (tertiary/aromatic N) is 2. The predicted octanol–water partition coefficient (Wildman–Crippen LogP) is 2.44. The van der Waals surface area contributed by atoms with Crippen molar-refractivity contribution >= 4 is 23.5 Å². The highest BCUT2D eigenvalue weighted by Crippen LogP contribution is 2.63. The first-order valence-corrected chi connectivity index (χ1v) is 12.0. The summed E-state index contributed by atoms with van der Waals surface area (Å²) < 4.78 is 6.44. The van der Waals surface area contributed by atoms with E-state index >= 15 is 0 Å². The van der Waals surface area contributed by atoms with Gasteiger partial charge >= 0.3 is 5.97 Å². The highest BCUT2D eigenvalue weighted by atomic mass is 16.5. The van der Waals surface area contributed by atoms with Crippen LogP contribution in [0.1, 0.15) is 43.7 Å². The molecule has 8 nitrogen and oxygen atoms in total. The standard InChI is InChI=1S/C26H34N2O6/c1-5-13-27(20-16(2)9-8-10-17(20)3)23(31)21-26-12-11-25(4,34-26)19(24(32)33)18(26)22(30)28(21)14-6-7-15-29/h5,8-10,18-19,21,29H,1,6-7,11-15H2,2-4H3,(H,32,33)/t18-,19-,21?,25+,26?/m0/s1. The minimum atomic E-state index is -1.18. The van der Waals surface area contributed by atoms with Crippen molar-refractivity contribution in [2.24, 2.45) is 11.8 Å². The fourth-order valence-corrected chi connectivity index (χ4v) is 6.52. The summed E-state index contributed by atoms with van der Waals surface area (Å²) in [5.74, 6) is -3.60. The molecule has 2 bridgehead atoms. The van der Waals surface area contributed by atoms with E-state index in [-0.39, 0.29) is 31.5 Å². The van der Waals surface area contributed by atoms with Crippen molar-refractivity contribution in [3.63, 3.8) is 0 Å². The number of anilines is 1. The third kappa shape index (κ3) is 3.46. The monoisotopic (exact) mass is 470 g/mol. The zero-order valence-electron chi connectivity index (χ0n) is 20.1. The van der Waals surface area contributed by atoms with Crippen LogP contribution in [-0.2, 0) is 19.1 Å². The lowest BCUT2D eigenvalue weighted by atomic mass is 9.66. The summed E-state index contributed by atoms with van der Waals surface area (Å²) >= 11 is 0. The van der Waals surface area contributed by atoms with E-state index in [1.165, 1.54) is 4.90 Å². The van der Waals surface area contributed by atoms with Crippen LogP contribution in [0, 0.1) is 25.7 Å².